The van der Waals surface area contributed by atoms with Crippen LogP contribution in [-0.2, 0) is 17.8 Å². The number of aromatic nitrogens is 2. The minimum absolute atomic E-state index is 0.0520. The van der Waals surface area contributed by atoms with Crippen LogP contribution < -0.4 is 4.74 Å². The van der Waals surface area contributed by atoms with Gasteiger partial charge in [0.15, 0.2) is 0 Å². The number of ether oxygens (including phenoxy) is 1. The zero-order chi connectivity index (χ0) is 23.4. The molecule has 0 unspecified atom stereocenters. The van der Waals surface area contributed by atoms with E-state index in [0.29, 0.717) is 47.4 Å². The SMILES string of the molecule is COc1ccc(Cl)cc1CN1CCN(C(=O)CCc2nc(-c3ccc(C)c(F)c3)no2)CC1. The van der Waals surface area contributed by atoms with Crippen molar-refractivity contribution in [2.75, 3.05) is 33.3 Å². The van der Waals surface area contributed by atoms with Crippen molar-refractivity contribution in [2.24, 2.45) is 0 Å². The monoisotopic (exact) mass is 472 g/mol. The quantitative estimate of drug-likeness (QED) is 0.515. The van der Waals surface area contributed by atoms with Crippen LogP contribution in [0, 0.1) is 12.7 Å². The van der Waals surface area contributed by atoms with Crippen molar-refractivity contribution in [3.8, 4) is 17.1 Å². The largest absolute Gasteiger partial charge is 0.496 e. The summed E-state index contributed by atoms with van der Waals surface area (Å²) in [6.07, 6.45) is 0.631. The number of nitrogens with zero attached hydrogens (tertiary/aromatic N) is 4. The Labute approximate surface area is 197 Å². The van der Waals surface area contributed by atoms with Crippen LogP contribution in [0.25, 0.3) is 11.4 Å². The summed E-state index contributed by atoms with van der Waals surface area (Å²) in [6, 6.07) is 10.4. The van der Waals surface area contributed by atoms with E-state index in [4.69, 9.17) is 20.9 Å². The van der Waals surface area contributed by atoms with Gasteiger partial charge in [0.1, 0.15) is 11.6 Å². The summed E-state index contributed by atoms with van der Waals surface area (Å²) in [7, 11) is 1.65. The molecule has 7 nitrogen and oxygen atoms in total. The molecule has 0 bridgehead atoms. The van der Waals surface area contributed by atoms with Crippen molar-refractivity contribution in [1.82, 2.24) is 19.9 Å². The molecule has 4 rings (SSSR count). The third-order valence-electron chi connectivity index (χ3n) is 5.81. The van der Waals surface area contributed by atoms with Gasteiger partial charge in [0, 0.05) is 61.7 Å². The fraction of sp³-hybridized carbons (Fsp3) is 0.375. The van der Waals surface area contributed by atoms with Gasteiger partial charge in [0.25, 0.3) is 0 Å². The molecular formula is C24H26ClFN4O3. The lowest BCUT2D eigenvalue weighted by Gasteiger charge is -2.35. The molecule has 2 heterocycles. The first-order valence-corrected chi connectivity index (χ1v) is 11.2. The number of benzene rings is 2. The number of methoxy groups -OCH3 is 1. The van der Waals surface area contributed by atoms with Gasteiger partial charge in [-0.1, -0.05) is 28.9 Å². The van der Waals surface area contributed by atoms with Crippen LogP contribution in [0.4, 0.5) is 4.39 Å². The van der Waals surface area contributed by atoms with Crippen LogP contribution in [0.15, 0.2) is 40.9 Å². The van der Waals surface area contributed by atoms with Crippen LogP contribution in [0.1, 0.15) is 23.4 Å². The molecule has 0 N–H and O–H groups in total. The summed E-state index contributed by atoms with van der Waals surface area (Å²) < 4.78 is 24.5. The van der Waals surface area contributed by atoms with Gasteiger partial charge < -0.3 is 14.2 Å². The highest BCUT2D eigenvalue weighted by atomic mass is 35.5. The molecule has 1 fully saturated rings. The standard InChI is InChI=1S/C24H26ClFN4O3/c1-16-3-4-17(14-20(16)26)24-27-22(33-28-24)7-8-23(31)30-11-9-29(10-12-30)15-18-13-19(25)5-6-21(18)32-2/h3-6,13-14H,7-12,15H2,1-2H3. The second kappa shape index (κ2) is 10.3. The highest BCUT2D eigenvalue weighted by Crippen LogP contribution is 2.25. The minimum atomic E-state index is -0.318. The zero-order valence-electron chi connectivity index (χ0n) is 18.7. The molecule has 0 spiro atoms. The van der Waals surface area contributed by atoms with Gasteiger partial charge in [-0.3, -0.25) is 9.69 Å². The van der Waals surface area contributed by atoms with Gasteiger partial charge in [-0.25, -0.2) is 4.39 Å². The van der Waals surface area contributed by atoms with E-state index in [1.807, 2.05) is 23.1 Å². The summed E-state index contributed by atoms with van der Waals surface area (Å²) in [5.41, 5.74) is 2.14. The van der Waals surface area contributed by atoms with Crippen molar-refractivity contribution in [2.45, 2.75) is 26.3 Å². The Kier molecular flexibility index (Phi) is 7.25. The van der Waals surface area contributed by atoms with Crippen molar-refractivity contribution >= 4 is 17.5 Å². The number of carbonyl (C=O) groups is 1. The van der Waals surface area contributed by atoms with Gasteiger partial charge >= 0.3 is 0 Å². The third kappa shape index (κ3) is 5.69. The molecule has 33 heavy (non-hydrogen) atoms. The smallest absolute Gasteiger partial charge is 0.227 e. The molecule has 1 aromatic heterocycles. The Morgan fingerprint density at radius 1 is 1.18 bits per heavy atom. The maximum atomic E-state index is 13.8. The number of amides is 1. The predicted octanol–water partition coefficient (Wildman–Crippen LogP) is 4.12. The molecule has 0 aliphatic carbocycles. The number of hydrogen-bond donors (Lipinski definition) is 0. The molecule has 1 amide bonds. The van der Waals surface area contributed by atoms with Crippen LogP contribution in [0.5, 0.6) is 5.75 Å². The number of rotatable bonds is 7. The van der Waals surface area contributed by atoms with Gasteiger partial charge in [0.05, 0.1) is 7.11 Å². The van der Waals surface area contributed by atoms with E-state index in [-0.39, 0.29) is 18.1 Å². The Bertz CT molecular complexity index is 1130. The molecule has 1 saturated heterocycles. The van der Waals surface area contributed by atoms with E-state index < -0.39 is 0 Å². The third-order valence-corrected chi connectivity index (χ3v) is 6.05. The maximum Gasteiger partial charge on any atom is 0.227 e. The van der Waals surface area contributed by atoms with E-state index in [2.05, 4.69) is 15.0 Å². The zero-order valence-corrected chi connectivity index (χ0v) is 19.4. The summed E-state index contributed by atoms with van der Waals surface area (Å²) in [4.78, 5) is 21.1. The second-order valence-electron chi connectivity index (χ2n) is 8.09. The topological polar surface area (TPSA) is 71.7 Å². The summed E-state index contributed by atoms with van der Waals surface area (Å²) in [5.74, 6) is 1.23. The first-order chi connectivity index (χ1) is 15.9. The number of hydrogen-bond acceptors (Lipinski definition) is 6. The average molecular weight is 473 g/mol. The highest BCUT2D eigenvalue weighted by Gasteiger charge is 2.22. The van der Waals surface area contributed by atoms with E-state index in [0.717, 1.165) is 30.9 Å². The maximum absolute atomic E-state index is 13.8. The number of halogens is 2. The summed E-state index contributed by atoms with van der Waals surface area (Å²) in [5, 5.41) is 4.59. The summed E-state index contributed by atoms with van der Waals surface area (Å²) in [6.45, 7) is 5.26. The minimum Gasteiger partial charge on any atom is -0.496 e. The fourth-order valence-electron chi connectivity index (χ4n) is 3.84. The Balaban J connectivity index is 1.26. The number of carbonyl (C=O) groups excluding carboxylic acids is 1. The van der Waals surface area contributed by atoms with E-state index >= 15 is 0 Å². The lowest BCUT2D eigenvalue weighted by atomic mass is 10.1. The van der Waals surface area contributed by atoms with E-state index in [9.17, 15) is 9.18 Å². The van der Waals surface area contributed by atoms with Gasteiger partial charge in [0.2, 0.25) is 17.6 Å². The Morgan fingerprint density at radius 2 is 1.97 bits per heavy atom. The molecule has 2 aromatic carbocycles. The molecular weight excluding hydrogens is 447 g/mol. The van der Waals surface area contributed by atoms with Crippen molar-refractivity contribution < 1.29 is 18.4 Å². The number of aryl methyl sites for hydroxylation is 2. The first-order valence-electron chi connectivity index (χ1n) is 10.8. The molecule has 0 atom stereocenters. The predicted molar refractivity (Wildman–Crippen MR) is 123 cm³/mol. The van der Waals surface area contributed by atoms with Gasteiger partial charge in [-0.2, -0.15) is 4.98 Å². The first kappa shape index (κ1) is 23.2. The van der Waals surface area contributed by atoms with Crippen LogP contribution in [0.2, 0.25) is 5.02 Å². The van der Waals surface area contributed by atoms with Crippen LogP contribution >= 0.6 is 11.6 Å². The molecule has 0 saturated carbocycles. The molecule has 3 aromatic rings. The average Bonchev–Trinajstić information content (AvgIpc) is 3.29. The van der Waals surface area contributed by atoms with Crippen molar-refractivity contribution in [3.63, 3.8) is 0 Å². The lowest BCUT2D eigenvalue weighted by Crippen LogP contribution is -2.48. The highest BCUT2D eigenvalue weighted by molar-refractivity contribution is 6.30. The lowest BCUT2D eigenvalue weighted by molar-refractivity contribution is -0.133. The van der Waals surface area contributed by atoms with Gasteiger partial charge in [-0.15, -0.1) is 0 Å². The van der Waals surface area contributed by atoms with Gasteiger partial charge in [-0.05, 0) is 36.8 Å². The van der Waals surface area contributed by atoms with Crippen LogP contribution in [-0.4, -0.2) is 59.1 Å². The Hall–Kier alpha value is -2.97. The van der Waals surface area contributed by atoms with E-state index in [1.54, 1.807) is 26.2 Å². The van der Waals surface area contributed by atoms with Crippen LogP contribution in [0.3, 0.4) is 0 Å². The number of piperazine rings is 1. The molecule has 9 heteroatoms. The summed E-state index contributed by atoms with van der Waals surface area (Å²) >= 11 is 6.13. The normalized spacial score (nSPS) is 14.5. The van der Waals surface area contributed by atoms with E-state index in [1.165, 1.54) is 6.07 Å². The van der Waals surface area contributed by atoms with Crippen molar-refractivity contribution in [1.29, 1.82) is 0 Å². The Morgan fingerprint density at radius 3 is 2.70 bits per heavy atom. The second-order valence-corrected chi connectivity index (χ2v) is 8.53. The molecule has 1 aliphatic rings. The van der Waals surface area contributed by atoms with Crippen molar-refractivity contribution in [3.05, 3.63) is 64.3 Å². The molecule has 174 valence electrons. The molecule has 1 aliphatic heterocycles. The fourth-order valence-corrected chi connectivity index (χ4v) is 4.04. The molecule has 0 radical (unpaired) electrons.